The Labute approximate surface area is 159 Å². The van der Waals surface area contributed by atoms with Crippen LogP contribution in [0.1, 0.15) is 12.6 Å². The van der Waals surface area contributed by atoms with Crippen molar-refractivity contribution in [2.45, 2.75) is 18.0 Å². The summed E-state index contributed by atoms with van der Waals surface area (Å²) in [5.41, 5.74) is -1.85. The second-order valence-corrected chi connectivity index (χ2v) is 8.10. The number of aliphatic hydroxyl groups is 1. The lowest BCUT2D eigenvalue weighted by atomic mass is 10.1. The van der Waals surface area contributed by atoms with Gasteiger partial charge in [0.15, 0.2) is 15.5 Å². The molecule has 2 heterocycles. The molecule has 0 bridgehead atoms. The Bertz CT molecular complexity index is 924. The van der Waals surface area contributed by atoms with E-state index in [4.69, 9.17) is 0 Å². The molecule has 0 spiro atoms. The Morgan fingerprint density at radius 2 is 2.00 bits per heavy atom. The molecule has 0 unspecified atom stereocenters. The fourth-order valence-corrected chi connectivity index (χ4v) is 2.96. The monoisotopic (exact) mass is 420 g/mol. The van der Waals surface area contributed by atoms with Crippen molar-refractivity contribution in [3.8, 4) is 0 Å². The van der Waals surface area contributed by atoms with Gasteiger partial charge in [-0.15, -0.1) is 0 Å². The first-order valence-corrected chi connectivity index (χ1v) is 9.70. The minimum atomic E-state index is -4.97. The molecule has 3 N–H and O–H groups in total. The van der Waals surface area contributed by atoms with Crippen LogP contribution in [0.15, 0.2) is 53.1 Å². The zero-order chi connectivity index (χ0) is 21.3. The molecule has 0 saturated carbocycles. The van der Waals surface area contributed by atoms with Gasteiger partial charge in [0.25, 0.3) is 0 Å². The predicted octanol–water partition coefficient (Wildman–Crippen LogP) is 1.64. The second kappa shape index (κ2) is 7.81. The van der Waals surface area contributed by atoms with E-state index in [1.165, 1.54) is 0 Å². The number of nitrogens with one attached hydrogen (secondary N) is 1. The number of halogens is 3. The summed E-state index contributed by atoms with van der Waals surface area (Å²) in [6.07, 6.45) is -2.21. The third-order valence-corrected chi connectivity index (χ3v) is 4.74. The first kappa shape index (κ1) is 21.7. The number of aromatic nitrogens is 1. The van der Waals surface area contributed by atoms with Gasteiger partial charge in [-0.2, -0.15) is 13.2 Å². The van der Waals surface area contributed by atoms with Crippen LogP contribution in [0.25, 0.3) is 5.70 Å². The molecule has 8 nitrogen and oxygen atoms in total. The average molecular weight is 420 g/mol. The van der Waals surface area contributed by atoms with Gasteiger partial charge in [-0.1, -0.05) is 12.2 Å². The van der Waals surface area contributed by atoms with Crippen molar-refractivity contribution in [2.75, 3.05) is 19.5 Å². The number of hydrogen-bond donors (Lipinski definition) is 3. The van der Waals surface area contributed by atoms with Crippen molar-refractivity contribution in [1.29, 1.82) is 0 Å². The molecule has 1 aliphatic heterocycles. The molecule has 1 aromatic heterocycles. The van der Waals surface area contributed by atoms with Crippen LogP contribution in [0.3, 0.4) is 0 Å². The molecule has 0 fully saturated rings. The molecule has 1 aliphatic rings. The van der Waals surface area contributed by atoms with E-state index in [0.717, 1.165) is 30.8 Å². The normalized spacial score (nSPS) is 15.6. The van der Waals surface area contributed by atoms with Crippen molar-refractivity contribution in [1.82, 2.24) is 20.3 Å². The molecule has 2 rings (SSSR count). The number of rotatable bonds is 6. The van der Waals surface area contributed by atoms with Crippen molar-refractivity contribution in [3.63, 3.8) is 0 Å². The molecule has 0 saturated heterocycles. The van der Waals surface area contributed by atoms with Gasteiger partial charge in [0.1, 0.15) is 18.2 Å². The maximum absolute atomic E-state index is 13.8. The van der Waals surface area contributed by atoms with E-state index in [2.05, 4.69) is 16.9 Å². The highest BCUT2D eigenvalue weighted by atomic mass is 32.2. The number of sulfone groups is 1. The number of aliphatic hydroxyl groups excluding tert-OH is 1. The summed E-state index contributed by atoms with van der Waals surface area (Å²) < 4.78 is 64.4. The fraction of sp³-hybridized carbons (Fsp3) is 0.312. The largest absolute Gasteiger partial charge is 0.433 e. The summed E-state index contributed by atoms with van der Waals surface area (Å²) in [5, 5.41) is 22.6. The third-order valence-electron chi connectivity index (χ3n) is 3.65. The molecule has 0 atom stereocenters. The number of hydroxylamine groups is 2. The zero-order valence-electron chi connectivity index (χ0n) is 15.0. The lowest BCUT2D eigenvalue weighted by Gasteiger charge is -2.36. The van der Waals surface area contributed by atoms with Crippen molar-refractivity contribution in [3.05, 3.63) is 53.9 Å². The second-order valence-electron chi connectivity index (χ2n) is 6.09. The van der Waals surface area contributed by atoms with Gasteiger partial charge in [-0.25, -0.2) is 13.5 Å². The fourth-order valence-electron chi connectivity index (χ4n) is 2.40. The summed E-state index contributed by atoms with van der Waals surface area (Å²) in [5.74, 6) is -0.211. The topological polar surface area (TPSA) is 106 Å². The molecule has 0 aliphatic carbocycles. The Hall–Kier alpha value is -2.57. The molecule has 12 heteroatoms. The Balaban J connectivity index is 2.59. The molecule has 1 aromatic rings. The van der Waals surface area contributed by atoms with Crippen LogP contribution in [-0.4, -0.2) is 59.4 Å². The summed E-state index contributed by atoms with van der Waals surface area (Å²) >= 11 is 0. The maximum Gasteiger partial charge on any atom is 0.433 e. The van der Waals surface area contributed by atoms with E-state index in [9.17, 15) is 31.9 Å². The van der Waals surface area contributed by atoms with Crippen LogP contribution in [0.4, 0.5) is 13.2 Å². The first-order chi connectivity index (χ1) is 12.9. The average Bonchev–Trinajstić information content (AvgIpc) is 2.57. The van der Waals surface area contributed by atoms with Gasteiger partial charge in [0.2, 0.25) is 0 Å². The van der Waals surface area contributed by atoms with Crippen LogP contribution in [0.2, 0.25) is 0 Å². The third kappa shape index (κ3) is 4.64. The van der Waals surface area contributed by atoms with Crippen molar-refractivity contribution < 1.29 is 31.9 Å². The van der Waals surface area contributed by atoms with Gasteiger partial charge in [0, 0.05) is 19.0 Å². The van der Waals surface area contributed by atoms with Crippen LogP contribution in [0.5, 0.6) is 0 Å². The lowest BCUT2D eigenvalue weighted by molar-refractivity contribution is -0.120. The van der Waals surface area contributed by atoms with Crippen LogP contribution in [-0.2, 0) is 9.84 Å². The number of pyridine rings is 1. The van der Waals surface area contributed by atoms with Gasteiger partial charge < -0.3 is 10.4 Å². The number of allylic oxidation sites excluding steroid dienone is 1. The SMILES string of the molecule is C=C(C)CNC1=CN(O)C(c2ccc(S(C)(=O)=O)cn2)=C(C(F)(F)F)N1CO. The minimum Gasteiger partial charge on any atom is -0.376 e. The minimum absolute atomic E-state index is 0.109. The van der Waals surface area contributed by atoms with E-state index in [0.29, 0.717) is 10.5 Å². The van der Waals surface area contributed by atoms with E-state index < -0.39 is 34.1 Å². The highest BCUT2D eigenvalue weighted by molar-refractivity contribution is 7.90. The standard InChI is InChI=1S/C16H19F3N4O4S/c1-10(2)6-21-13-8-23(25)14(15(16(17,18)19)22(13)9-24)12-5-4-11(7-20-12)28(3,26)27/h4-5,7-8,21,24-25H,1,6,9H2,2-3H3. The molecule has 154 valence electrons. The van der Waals surface area contributed by atoms with E-state index >= 15 is 0 Å². The zero-order valence-corrected chi connectivity index (χ0v) is 15.8. The summed E-state index contributed by atoms with van der Waals surface area (Å²) in [6.45, 7) is 4.35. The number of alkyl halides is 3. The molecular formula is C16H19F3N4O4S. The Morgan fingerprint density at radius 3 is 2.43 bits per heavy atom. The lowest BCUT2D eigenvalue weighted by Crippen LogP contribution is -2.43. The van der Waals surface area contributed by atoms with Crippen LogP contribution < -0.4 is 5.32 Å². The smallest absolute Gasteiger partial charge is 0.376 e. The molecular weight excluding hydrogens is 401 g/mol. The predicted molar refractivity (Wildman–Crippen MR) is 93.8 cm³/mol. The highest BCUT2D eigenvalue weighted by Crippen LogP contribution is 2.39. The van der Waals surface area contributed by atoms with Gasteiger partial charge in [-0.05, 0) is 19.1 Å². The summed E-state index contributed by atoms with van der Waals surface area (Å²) in [4.78, 5) is 4.07. The van der Waals surface area contributed by atoms with Crippen molar-refractivity contribution >= 4 is 15.5 Å². The van der Waals surface area contributed by atoms with Crippen molar-refractivity contribution in [2.24, 2.45) is 0 Å². The van der Waals surface area contributed by atoms with Crippen LogP contribution in [0, 0.1) is 0 Å². The quantitative estimate of drug-likeness (QED) is 0.597. The molecule has 0 radical (unpaired) electrons. The molecule has 0 aromatic carbocycles. The van der Waals surface area contributed by atoms with Gasteiger partial charge in [-0.3, -0.25) is 15.1 Å². The van der Waals surface area contributed by atoms with Crippen LogP contribution >= 0.6 is 0 Å². The summed E-state index contributed by atoms with van der Waals surface area (Å²) in [7, 11) is -3.60. The van der Waals surface area contributed by atoms with Gasteiger partial charge in [0.05, 0.1) is 16.8 Å². The highest BCUT2D eigenvalue weighted by Gasteiger charge is 2.45. The Morgan fingerprint density at radius 1 is 1.36 bits per heavy atom. The molecule has 28 heavy (non-hydrogen) atoms. The van der Waals surface area contributed by atoms with Gasteiger partial charge >= 0.3 is 6.18 Å². The first-order valence-electron chi connectivity index (χ1n) is 7.80. The Kier molecular flexibility index (Phi) is 6.06. The van der Waals surface area contributed by atoms with E-state index in [1.54, 1.807) is 6.92 Å². The molecule has 0 amide bonds. The number of hydrogen-bond acceptors (Lipinski definition) is 8. The summed E-state index contributed by atoms with van der Waals surface area (Å²) in [6, 6.07) is 2.12. The number of nitrogens with zero attached hydrogens (tertiary/aromatic N) is 3. The van der Waals surface area contributed by atoms with E-state index in [1.807, 2.05) is 0 Å². The van der Waals surface area contributed by atoms with E-state index in [-0.39, 0.29) is 28.0 Å². The maximum atomic E-state index is 13.8.